The minimum atomic E-state index is -0.193. The maximum Gasteiger partial charge on any atom is 0.234 e. The summed E-state index contributed by atoms with van der Waals surface area (Å²) in [5.74, 6) is 1.70. The van der Waals surface area contributed by atoms with Crippen LogP contribution in [-0.4, -0.2) is 33.5 Å². The van der Waals surface area contributed by atoms with E-state index >= 15 is 0 Å². The van der Waals surface area contributed by atoms with Gasteiger partial charge in [-0.05, 0) is 24.3 Å². The third-order valence-electron chi connectivity index (χ3n) is 4.46. The Balaban J connectivity index is 1.56. The number of anilines is 1. The van der Waals surface area contributed by atoms with Crippen molar-refractivity contribution in [2.24, 2.45) is 0 Å². The molecule has 1 N–H and O–H groups in total. The lowest BCUT2D eigenvalue weighted by Gasteiger charge is -2.08. The first-order valence-corrected chi connectivity index (χ1v) is 10.7. The molecule has 2 heterocycles. The summed E-state index contributed by atoms with van der Waals surface area (Å²) in [5.41, 5.74) is 1.21. The highest BCUT2D eigenvalue weighted by atomic mass is 35.5. The number of benzene rings is 2. The van der Waals surface area contributed by atoms with Crippen LogP contribution >= 0.6 is 23.4 Å². The fourth-order valence-corrected chi connectivity index (χ4v) is 3.99. The number of nitrogens with zero attached hydrogens (tertiary/aromatic N) is 3. The van der Waals surface area contributed by atoms with Crippen LogP contribution in [0.15, 0.2) is 70.8 Å². The van der Waals surface area contributed by atoms with Gasteiger partial charge in [0.25, 0.3) is 0 Å². The largest absolute Gasteiger partial charge is 0.493 e. The van der Waals surface area contributed by atoms with Crippen LogP contribution in [0.5, 0.6) is 5.75 Å². The molecular formula is C22H19ClN4O3S. The number of carbonyl (C=O) groups is 1. The number of carbonyl (C=O) groups excluding carboxylic acids is 1. The molecule has 2 aromatic heterocycles. The van der Waals surface area contributed by atoms with Crippen LogP contribution in [0.1, 0.15) is 0 Å². The number of fused-ring (bicyclic) bond motifs is 1. The normalized spacial score (nSPS) is 10.9. The van der Waals surface area contributed by atoms with E-state index in [1.165, 1.54) is 11.8 Å². The van der Waals surface area contributed by atoms with Crippen molar-refractivity contribution >= 4 is 45.9 Å². The van der Waals surface area contributed by atoms with Gasteiger partial charge < -0.3 is 14.5 Å². The molecule has 4 rings (SSSR count). The summed E-state index contributed by atoms with van der Waals surface area (Å²) in [6, 6.07) is 14.6. The summed E-state index contributed by atoms with van der Waals surface area (Å²) < 4.78 is 13.2. The lowest BCUT2D eigenvalue weighted by atomic mass is 10.2. The Bertz CT molecular complexity index is 1250. The fourth-order valence-electron chi connectivity index (χ4n) is 3.06. The minimum absolute atomic E-state index is 0.147. The van der Waals surface area contributed by atoms with Crippen molar-refractivity contribution in [2.75, 3.05) is 18.2 Å². The number of methoxy groups -OCH3 is 1. The second-order valence-electron chi connectivity index (χ2n) is 6.51. The van der Waals surface area contributed by atoms with Crippen LogP contribution in [-0.2, 0) is 11.3 Å². The predicted octanol–water partition coefficient (Wildman–Crippen LogP) is 5.27. The van der Waals surface area contributed by atoms with E-state index in [0.29, 0.717) is 45.3 Å². The Hall–Kier alpha value is -3.23. The van der Waals surface area contributed by atoms with Crippen molar-refractivity contribution in [2.45, 2.75) is 11.7 Å². The predicted molar refractivity (Wildman–Crippen MR) is 123 cm³/mol. The number of allylic oxidation sites excluding steroid dienone is 1. The van der Waals surface area contributed by atoms with Gasteiger partial charge in [0.2, 0.25) is 11.7 Å². The zero-order valence-corrected chi connectivity index (χ0v) is 18.2. The van der Waals surface area contributed by atoms with Crippen LogP contribution in [0, 0.1) is 0 Å². The number of amides is 1. The van der Waals surface area contributed by atoms with Gasteiger partial charge in [0.05, 0.1) is 23.6 Å². The average Bonchev–Trinajstić information content (AvgIpc) is 3.38. The quantitative estimate of drug-likeness (QED) is 0.288. The number of aromatic nitrogens is 3. The van der Waals surface area contributed by atoms with Crippen LogP contribution in [0.25, 0.3) is 22.6 Å². The van der Waals surface area contributed by atoms with Gasteiger partial charge in [-0.15, -0.1) is 16.8 Å². The number of thioether (sulfide) groups is 1. The molecule has 0 aliphatic carbocycles. The zero-order valence-electron chi connectivity index (χ0n) is 16.7. The van der Waals surface area contributed by atoms with E-state index in [4.69, 9.17) is 20.8 Å². The molecule has 0 saturated heterocycles. The van der Waals surface area contributed by atoms with Gasteiger partial charge in [0.15, 0.2) is 22.2 Å². The number of para-hydroxylation sites is 2. The highest BCUT2D eigenvalue weighted by Gasteiger charge is 2.19. The molecule has 0 atom stereocenters. The van der Waals surface area contributed by atoms with Gasteiger partial charge in [-0.3, -0.25) is 9.36 Å². The van der Waals surface area contributed by atoms with E-state index in [0.717, 1.165) is 5.39 Å². The molecule has 0 spiro atoms. The first kappa shape index (κ1) is 21.0. The number of halogens is 1. The Labute approximate surface area is 188 Å². The molecule has 0 fully saturated rings. The zero-order chi connectivity index (χ0) is 21.8. The number of hydrogen-bond donors (Lipinski definition) is 1. The van der Waals surface area contributed by atoms with E-state index in [1.54, 1.807) is 31.4 Å². The molecule has 4 aromatic rings. The molecule has 2 aromatic carbocycles. The van der Waals surface area contributed by atoms with E-state index < -0.39 is 0 Å². The summed E-state index contributed by atoms with van der Waals surface area (Å²) >= 11 is 7.37. The van der Waals surface area contributed by atoms with Gasteiger partial charge >= 0.3 is 0 Å². The van der Waals surface area contributed by atoms with E-state index in [1.807, 2.05) is 34.9 Å². The van der Waals surface area contributed by atoms with Crippen molar-refractivity contribution in [1.82, 2.24) is 14.8 Å². The molecule has 0 bridgehead atoms. The van der Waals surface area contributed by atoms with Crippen molar-refractivity contribution < 1.29 is 13.9 Å². The van der Waals surface area contributed by atoms with Crippen molar-refractivity contribution in [3.63, 3.8) is 0 Å². The van der Waals surface area contributed by atoms with E-state index in [-0.39, 0.29) is 11.7 Å². The molecule has 0 radical (unpaired) electrons. The number of hydrogen-bond acceptors (Lipinski definition) is 6. The van der Waals surface area contributed by atoms with Gasteiger partial charge in [0.1, 0.15) is 0 Å². The number of nitrogens with one attached hydrogen (secondary N) is 1. The Morgan fingerprint density at radius 3 is 2.90 bits per heavy atom. The van der Waals surface area contributed by atoms with Crippen molar-refractivity contribution in [3.05, 3.63) is 66.2 Å². The monoisotopic (exact) mass is 454 g/mol. The molecule has 158 valence electrons. The summed E-state index contributed by atoms with van der Waals surface area (Å²) in [6.07, 6.45) is 1.74. The third kappa shape index (κ3) is 4.45. The number of rotatable bonds is 8. The van der Waals surface area contributed by atoms with E-state index in [9.17, 15) is 4.79 Å². The maximum absolute atomic E-state index is 12.4. The average molecular weight is 455 g/mol. The molecule has 0 saturated carbocycles. The minimum Gasteiger partial charge on any atom is -0.493 e. The topological polar surface area (TPSA) is 82.2 Å². The first-order chi connectivity index (χ1) is 15.1. The molecule has 7 nitrogen and oxygen atoms in total. The van der Waals surface area contributed by atoms with Crippen molar-refractivity contribution in [3.8, 4) is 17.3 Å². The second kappa shape index (κ2) is 9.28. The first-order valence-electron chi connectivity index (χ1n) is 9.39. The molecular weight excluding hydrogens is 436 g/mol. The molecule has 0 aliphatic heterocycles. The van der Waals surface area contributed by atoms with Crippen LogP contribution in [0.3, 0.4) is 0 Å². The highest BCUT2D eigenvalue weighted by Crippen LogP contribution is 2.34. The summed E-state index contributed by atoms with van der Waals surface area (Å²) in [4.78, 5) is 12.4. The standard InChI is InChI=1S/C22H19ClN4O3S/c1-3-11-27-21(18-12-14-7-6-10-17(29-2)20(14)30-18)25-26-22(27)31-13-19(28)24-16-9-5-4-8-15(16)23/h3-10,12H,1,11,13H2,2H3,(H,24,28). The van der Waals surface area contributed by atoms with Gasteiger partial charge in [0, 0.05) is 11.9 Å². The van der Waals surface area contributed by atoms with Crippen LogP contribution in [0.2, 0.25) is 5.02 Å². The van der Waals surface area contributed by atoms with Gasteiger partial charge in [-0.2, -0.15) is 0 Å². The van der Waals surface area contributed by atoms with Crippen LogP contribution < -0.4 is 10.1 Å². The second-order valence-corrected chi connectivity index (χ2v) is 7.86. The molecule has 1 amide bonds. The number of ether oxygens (including phenoxy) is 1. The lowest BCUT2D eigenvalue weighted by molar-refractivity contribution is -0.113. The van der Waals surface area contributed by atoms with Gasteiger partial charge in [-0.25, -0.2) is 0 Å². The summed E-state index contributed by atoms with van der Waals surface area (Å²) in [7, 11) is 1.60. The molecule has 9 heteroatoms. The highest BCUT2D eigenvalue weighted by molar-refractivity contribution is 7.99. The van der Waals surface area contributed by atoms with Crippen molar-refractivity contribution in [1.29, 1.82) is 0 Å². The third-order valence-corrected chi connectivity index (χ3v) is 5.75. The lowest BCUT2D eigenvalue weighted by Crippen LogP contribution is -2.15. The maximum atomic E-state index is 12.4. The summed E-state index contributed by atoms with van der Waals surface area (Å²) in [5, 5.41) is 13.3. The van der Waals surface area contributed by atoms with Gasteiger partial charge in [-0.1, -0.05) is 53.7 Å². The SMILES string of the molecule is C=CCn1c(SCC(=O)Nc2ccccc2Cl)nnc1-c1cc2cccc(OC)c2o1. The molecule has 0 unspecified atom stereocenters. The fraction of sp³-hybridized carbons (Fsp3) is 0.136. The Kier molecular flexibility index (Phi) is 6.29. The molecule has 0 aliphatic rings. The van der Waals surface area contributed by atoms with E-state index in [2.05, 4.69) is 22.1 Å². The Morgan fingerprint density at radius 1 is 1.29 bits per heavy atom. The Morgan fingerprint density at radius 2 is 2.13 bits per heavy atom. The molecule has 31 heavy (non-hydrogen) atoms. The van der Waals surface area contributed by atoms with Crippen LogP contribution in [0.4, 0.5) is 5.69 Å². The number of furan rings is 1. The smallest absolute Gasteiger partial charge is 0.234 e. The summed E-state index contributed by atoms with van der Waals surface area (Å²) in [6.45, 7) is 4.28.